The molecule has 150 valence electrons. The van der Waals surface area contributed by atoms with E-state index in [4.69, 9.17) is 5.73 Å². The number of aryl methyl sites for hydroxylation is 1. The molecule has 3 fully saturated rings. The summed E-state index contributed by atoms with van der Waals surface area (Å²) in [6.07, 6.45) is 9.03. The largest absolute Gasteiger partial charge is 0.368 e. The highest BCUT2D eigenvalue weighted by atomic mass is 16.2. The van der Waals surface area contributed by atoms with Crippen molar-refractivity contribution >= 4 is 17.8 Å². The molecule has 2 amide bonds. The molecule has 1 unspecified atom stereocenters. The maximum absolute atomic E-state index is 13.3. The van der Waals surface area contributed by atoms with E-state index in [1.54, 1.807) is 0 Å². The predicted molar refractivity (Wildman–Crippen MR) is 105 cm³/mol. The summed E-state index contributed by atoms with van der Waals surface area (Å²) < 4.78 is 0. The molecular weight excluding hydrogens is 354 g/mol. The fourth-order valence-electron chi connectivity index (χ4n) is 5.30. The molecule has 0 bridgehead atoms. The average molecular weight is 383 g/mol. The standard InChI is InChI=1S/C21H29N5O2/c22-20-23-16-5-2-1-4-15(16)17(24-20)18(27)26-11-9-21(13-26)8-3-10-25(19(21)28)12-14-6-7-14/h14H,1-13H2,(H2,22,23,24). The number of likely N-dealkylation sites (tertiary alicyclic amines) is 2. The SMILES string of the molecule is Nc1nc2c(c(C(=O)N3CCC4(CCCN(CC5CC5)C4=O)C3)n1)CCCC2. The van der Waals surface area contributed by atoms with E-state index in [9.17, 15) is 9.59 Å². The zero-order valence-corrected chi connectivity index (χ0v) is 16.5. The second-order valence-corrected chi connectivity index (χ2v) is 9.12. The number of piperidine rings is 1. The second-order valence-electron chi connectivity index (χ2n) is 9.12. The Morgan fingerprint density at radius 1 is 1.11 bits per heavy atom. The average Bonchev–Trinajstić information content (AvgIpc) is 3.41. The van der Waals surface area contributed by atoms with Crippen LogP contribution >= 0.6 is 0 Å². The van der Waals surface area contributed by atoms with Crippen LogP contribution < -0.4 is 5.73 Å². The zero-order valence-electron chi connectivity index (χ0n) is 16.5. The molecule has 1 saturated carbocycles. The van der Waals surface area contributed by atoms with Gasteiger partial charge in [-0.15, -0.1) is 0 Å². The van der Waals surface area contributed by atoms with Crippen LogP contribution in [0.4, 0.5) is 5.95 Å². The van der Waals surface area contributed by atoms with Crippen LogP contribution in [0.3, 0.4) is 0 Å². The van der Waals surface area contributed by atoms with Gasteiger partial charge in [0.2, 0.25) is 11.9 Å². The Morgan fingerprint density at radius 2 is 1.93 bits per heavy atom. The molecule has 2 aliphatic carbocycles. The van der Waals surface area contributed by atoms with E-state index in [0.717, 1.165) is 69.3 Å². The number of anilines is 1. The van der Waals surface area contributed by atoms with Gasteiger partial charge in [-0.1, -0.05) is 0 Å². The summed E-state index contributed by atoms with van der Waals surface area (Å²) in [6.45, 7) is 2.93. The van der Waals surface area contributed by atoms with Crippen molar-refractivity contribution in [2.45, 2.75) is 57.8 Å². The molecule has 1 aromatic rings. The van der Waals surface area contributed by atoms with E-state index in [-0.39, 0.29) is 23.2 Å². The predicted octanol–water partition coefficient (Wildman–Crippen LogP) is 1.80. The minimum absolute atomic E-state index is 0.0729. The van der Waals surface area contributed by atoms with Crippen LogP contribution in [-0.2, 0) is 17.6 Å². The molecule has 3 heterocycles. The Labute approximate surface area is 165 Å². The van der Waals surface area contributed by atoms with Gasteiger partial charge in [-0.3, -0.25) is 9.59 Å². The molecule has 2 aliphatic heterocycles. The summed E-state index contributed by atoms with van der Waals surface area (Å²) in [4.78, 5) is 39.2. The van der Waals surface area contributed by atoms with Gasteiger partial charge < -0.3 is 15.5 Å². The van der Waals surface area contributed by atoms with E-state index in [1.165, 1.54) is 12.8 Å². The highest BCUT2D eigenvalue weighted by molar-refractivity contribution is 5.95. The first kappa shape index (κ1) is 17.9. The molecule has 4 aliphatic rings. The highest BCUT2D eigenvalue weighted by Crippen LogP contribution is 2.42. The normalized spacial score (nSPS) is 27.4. The lowest BCUT2D eigenvalue weighted by Crippen LogP contribution is -2.51. The van der Waals surface area contributed by atoms with Crippen molar-refractivity contribution < 1.29 is 9.59 Å². The van der Waals surface area contributed by atoms with Crippen LogP contribution in [0.2, 0.25) is 0 Å². The summed E-state index contributed by atoms with van der Waals surface area (Å²) >= 11 is 0. The first-order chi connectivity index (χ1) is 13.6. The molecule has 1 atom stereocenters. The van der Waals surface area contributed by atoms with Crippen molar-refractivity contribution in [1.29, 1.82) is 0 Å². The van der Waals surface area contributed by atoms with E-state index >= 15 is 0 Å². The van der Waals surface area contributed by atoms with Gasteiger partial charge in [0.1, 0.15) is 5.69 Å². The number of carbonyl (C=O) groups excluding carboxylic acids is 2. The zero-order chi connectivity index (χ0) is 19.3. The van der Waals surface area contributed by atoms with Crippen LogP contribution in [0, 0.1) is 11.3 Å². The van der Waals surface area contributed by atoms with Crippen LogP contribution in [0.5, 0.6) is 0 Å². The van der Waals surface area contributed by atoms with Gasteiger partial charge in [0.05, 0.1) is 5.41 Å². The van der Waals surface area contributed by atoms with Gasteiger partial charge >= 0.3 is 0 Å². The molecule has 7 heteroatoms. The van der Waals surface area contributed by atoms with Crippen LogP contribution in [-0.4, -0.2) is 57.8 Å². The number of hydrogen-bond acceptors (Lipinski definition) is 5. The summed E-state index contributed by atoms with van der Waals surface area (Å²) in [5, 5.41) is 0. The number of nitrogens with two attached hydrogens (primary N) is 1. The van der Waals surface area contributed by atoms with Crippen molar-refractivity contribution in [2.75, 3.05) is 31.9 Å². The van der Waals surface area contributed by atoms with E-state index in [1.807, 2.05) is 4.90 Å². The Morgan fingerprint density at radius 3 is 2.75 bits per heavy atom. The quantitative estimate of drug-likeness (QED) is 0.859. The molecule has 28 heavy (non-hydrogen) atoms. The summed E-state index contributed by atoms with van der Waals surface area (Å²) in [5.41, 5.74) is 7.88. The molecule has 0 radical (unpaired) electrons. The molecule has 2 saturated heterocycles. The Hall–Kier alpha value is -2.18. The fourth-order valence-corrected chi connectivity index (χ4v) is 5.30. The summed E-state index contributed by atoms with van der Waals surface area (Å²) in [6, 6.07) is 0. The van der Waals surface area contributed by atoms with Crippen LogP contribution in [0.25, 0.3) is 0 Å². The number of rotatable bonds is 3. The smallest absolute Gasteiger partial charge is 0.272 e. The topological polar surface area (TPSA) is 92.4 Å². The number of hydrogen-bond donors (Lipinski definition) is 1. The monoisotopic (exact) mass is 383 g/mol. The number of fused-ring (bicyclic) bond motifs is 1. The van der Waals surface area contributed by atoms with Gasteiger partial charge in [0, 0.05) is 37.4 Å². The van der Waals surface area contributed by atoms with Gasteiger partial charge in [0.25, 0.3) is 5.91 Å². The third kappa shape index (κ3) is 3.05. The minimum atomic E-state index is -0.387. The minimum Gasteiger partial charge on any atom is -0.368 e. The van der Waals surface area contributed by atoms with Crippen LogP contribution in [0.15, 0.2) is 0 Å². The molecule has 5 rings (SSSR count). The van der Waals surface area contributed by atoms with Crippen LogP contribution in [0.1, 0.15) is 66.7 Å². The van der Waals surface area contributed by atoms with Gasteiger partial charge in [-0.2, -0.15) is 0 Å². The molecule has 2 N–H and O–H groups in total. The molecule has 7 nitrogen and oxygen atoms in total. The van der Waals surface area contributed by atoms with E-state index < -0.39 is 0 Å². The number of nitrogen functional groups attached to an aromatic ring is 1. The van der Waals surface area contributed by atoms with E-state index in [0.29, 0.717) is 24.7 Å². The maximum atomic E-state index is 13.3. The number of amides is 2. The van der Waals surface area contributed by atoms with Crippen molar-refractivity contribution in [3.05, 3.63) is 17.0 Å². The molecule has 1 spiro atoms. The molecule has 1 aromatic heterocycles. The maximum Gasteiger partial charge on any atom is 0.272 e. The number of nitrogens with zero attached hydrogens (tertiary/aromatic N) is 4. The first-order valence-electron chi connectivity index (χ1n) is 10.8. The highest BCUT2D eigenvalue weighted by Gasteiger charge is 2.50. The Kier molecular flexibility index (Phi) is 4.29. The lowest BCUT2D eigenvalue weighted by atomic mass is 9.78. The lowest BCUT2D eigenvalue weighted by molar-refractivity contribution is -0.145. The Balaban J connectivity index is 1.36. The number of aromatic nitrogens is 2. The lowest BCUT2D eigenvalue weighted by Gasteiger charge is -2.39. The molecule has 0 aromatic carbocycles. The summed E-state index contributed by atoms with van der Waals surface area (Å²) in [7, 11) is 0. The van der Waals surface area contributed by atoms with Crippen molar-refractivity contribution in [3.63, 3.8) is 0 Å². The van der Waals surface area contributed by atoms with Crippen molar-refractivity contribution in [1.82, 2.24) is 19.8 Å². The van der Waals surface area contributed by atoms with Gasteiger partial charge in [-0.05, 0) is 63.7 Å². The first-order valence-corrected chi connectivity index (χ1v) is 10.8. The van der Waals surface area contributed by atoms with Gasteiger partial charge in [0.15, 0.2) is 0 Å². The fraction of sp³-hybridized carbons (Fsp3) is 0.714. The van der Waals surface area contributed by atoms with Crippen molar-refractivity contribution in [3.8, 4) is 0 Å². The number of carbonyl (C=O) groups is 2. The van der Waals surface area contributed by atoms with E-state index in [2.05, 4.69) is 14.9 Å². The summed E-state index contributed by atoms with van der Waals surface area (Å²) in [5.74, 6) is 1.08. The third-order valence-electron chi connectivity index (χ3n) is 7.04. The molecular formula is C21H29N5O2. The van der Waals surface area contributed by atoms with Gasteiger partial charge in [-0.25, -0.2) is 9.97 Å². The second kappa shape index (κ2) is 6.71. The Bertz CT molecular complexity index is 821. The van der Waals surface area contributed by atoms with Crippen molar-refractivity contribution in [2.24, 2.45) is 11.3 Å². The third-order valence-corrected chi connectivity index (χ3v) is 7.04.